The first-order valence-corrected chi connectivity index (χ1v) is 15.1. The molecule has 0 spiro atoms. The summed E-state index contributed by atoms with van der Waals surface area (Å²) in [4.78, 5) is 26.8. The number of benzene rings is 7. The van der Waals surface area contributed by atoms with Gasteiger partial charge in [-0.15, -0.1) is 0 Å². The number of ketones is 1. The predicted molar refractivity (Wildman–Crippen MR) is 188 cm³/mol. The van der Waals surface area contributed by atoms with E-state index in [4.69, 9.17) is 0 Å². The summed E-state index contributed by atoms with van der Waals surface area (Å²) in [6, 6.07) is 46.2. The average Bonchev–Trinajstić information content (AvgIpc) is 3.07. The van der Waals surface area contributed by atoms with Crippen molar-refractivity contribution in [1.82, 2.24) is 0 Å². The fraction of sp³-hybridized carbons (Fsp3) is 0.0476. The number of allylic oxidation sites excluding steroid dienone is 1. The quantitative estimate of drug-likeness (QED) is 0.107. The molecule has 7 aromatic carbocycles. The van der Waals surface area contributed by atoms with Crippen LogP contribution in [0.4, 0.5) is 17.1 Å². The molecule has 0 bridgehead atoms. The zero-order chi connectivity index (χ0) is 30.9. The van der Waals surface area contributed by atoms with E-state index >= 15 is 0 Å². The zero-order valence-electron chi connectivity index (χ0n) is 25.2. The highest BCUT2D eigenvalue weighted by atomic mass is 16.1. The lowest BCUT2D eigenvalue weighted by molar-refractivity contribution is 0.103. The van der Waals surface area contributed by atoms with E-state index in [2.05, 4.69) is 127 Å². The van der Waals surface area contributed by atoms with E-state index < -0.39 is 0 Å². The van der Waals surface area contributed by atoms with Gasteiger partial charge < -0.3 is 4.90 Å². The Morgan fingerprint density at radius 2 is 1.07 bits per heavy atom. The monoisotopic (exact) mass is 581 g/mol. The van der Waals surface area contributed by atoms with E-state index in [0.717, 1.165) is 50.8 Å². The molecule has 7 aromatic rings. The van der Waals surface area contributed by atoms with Gasteiger partial charge in [-0.25, -0.2) is 0 Å². The Labute approximate surface area is 262 Å². The number of carbonyl (C=O) groups is 2. The number of carbonyl (C=O) groups excluding carboxylic acids is 2. The second kappa shape index (κ2) is 11.7. The van der Waals surface area contributed by atoms with Crippen LogP contribution in [0.5, 0.6) is 0 Å². The molecule has 0 aliphatic heterocycles. The Kier molecular flexibility index (Phi) is 7.28. The molecule has 3 nitrogen and oxygen atoms in total. The summed E-state index contributed by atoms with van der Waals surface area (Å²) >= 11 is 0. The van der Waals surface area contributed by atoms with Crippen LogP contribution in [0.2, 0.25) is 0 Å². The fourth-order valence-corrected chi connectivity index (χ4v) is 6.07. The van der Waals surface area contributed by atoms with E-state index in [0.29, 0.717) is 11.1 Å². The predicted octanol–water partition coefficient (Wildman–Crippen LogP) is 10.9. The van der Waals surface area contributed by atoms with Gasteiger partial charge in [-0.05, 0) is 112 Å². The molecule has 0 fully saturated rings. The van der Waals surface area contributed by atoms with Gasteiger partial charge in [0, 0.05) is 28.2 Å². The van der Waals surface area contributed by atoms with Gasteiger partial charge in [0.05, 0.1) is 0 Å². The number of anilines is 3. The summed E-state index contributed by atoms with van der Waals surface area (Å²) in [6.07, 6.45) is 4.14. The highest BCUT2D eigenvalue weighted by Crippen LogP contribution is 2.39. The molecule has 0 heterocycles. The van der Waals surface area contributed by atoms with Gasteiger partial charge in [-0.3, -0.25) is 9.59 Å². The van der Waals surface area contributed by atoms with Gasteiger partial charge in [-0.2, -0.15) is 0 Å². The Hall–Kier alpha value is -5.80. The van der Waals surface area contributed by atoms with Crippen LogP contribution >= 0.6 is 0 Å². The summed E-state index contributed by atoms with van der Waals surface area (Å²) in [6.45, 7) is 3.97. The smallest absolute Gasteiger partial charge is 0.186 e. The first-order valence-electron chi connectivity index (χ1n) is 15.1. The molecule has 0 aliphatic rings. The molecule has 0 aliphatic carbocycles. The molecular weight excluding hydrogens is 550 g/mol. The molecule has 0 N–H and O–H groups in total. The van der Waals surface area contributed by atoms with Crippen LogP contribution in [-0.4, -0.2) is 12.1 Å². The maximum absolute atomic E-state index is 13.0. The van der Waals surface area contributed by atoms with E-state index in [1.807, 2.05) is 19.1 Å². The third-order valence-corrected chi connectivity index (χ3v) is 8.46. The molecule has 0 atom stereocenters. The summed E-state index contributed by atoms with van der Waals surface area (Å²) in [7, 11) is 0. The van der Waals surface area contributed by atoms with Gasteiger partial charge in [0.1, 0.15) is 0 Å². The number of aldehydes is 1. The summed E-state index contributed by atoms with van der Waals surface area (Å²) < 4.78 is 0. The Morgan fingerprint density at radius 3 is 1.67 bits per heavy atom. The van der Waals surface area contributed by atoms with Gasteiger partial charge in [0.25, 0.3) is 0 Å². The normalized spacial score (nSPS) is 11.4. The van der Waals surface area contributed by atoms with Crippen LogP contribution in [0.15, 0.2) is 140 Å². The maximum Gasteiger partial charge on any atom is 0.186 e. The lowest BCUT2D eigenvalue weighted by atomic mass is 9.98. The van der Waals surface area contributed by atoms with Crippen molar-refractivity contribution in [1.29, 1.82) is 0 Å². The first-order chi connectivity index (χ1) is 22.0. The molecule has 0 aromatic heterocycles. The molecule has 0 saturated heterocycles. The van der Waals surface area contributed by atoms with Gasteiger partial charge in [0.15, 0.2) is 12.1 Å². The van der Waals surface area contributed by atoms with E-state index in [1.165, 1.54) is 21.5 Å². The second-order valence-electron chi connectivity index (χ2n) is 11.5. The van der Waals surface area contributed by atoms with Crippen LogP contribution in [0.1, 0.15) is 37.4 Å². The average molecular weight is 582 g/mol. The maximum atomic E-state index is 13.0. The van der Waals surface area contributed by atoms with Crippen molar-refractivity contribution in [2.45, 2.75) is 13.8 Å². The molecule has 45 heavy (non-hydrogen) atoms. The molecule has 0 amide bonds. The number of aryl methyl sites for hydroxylation is 2. The summed E-state index contributed by atoms with van der Waals surface area (Å²) in [5.74, 6) is -0.187. The minimum Gasteiger partial charge on any atom is -0.310 e. The lowest BCUT2D eigenvalue weighted by Gasteiger charge is -2.26. The summed E-state index contributed by atoms with van der Waals surface area (Å²) in [5, 5.41) is 6.98. The highest BCUT2D eigenvalue weighted by Gasteiger charge is 2.15. The van der Waals surface area contributed by atoms with Crippen molar-refractivity contribution >= 4 is 67.5 Å². The third-order valence-electron chi connectivity index (χ3n) is 8.46. The fourth-order valence-electron chi connectivity index (χ4n) is 6.07. The summed E-state index contributed by atoms with van der Waals surface area (Å²) in [5.41, 5.74) is 7.03. The number of nitrogens with zero attached hydrogens (tertiary/aromatic N) is 1. The van der Waals surface area contributed by atoms with Crippen LogP contribution in [0.3, 0.4) is 0 Å². The first kappa shape index (κ1) is 28.0. The largest absolute Gasteiger partial charge is 0.310 e. The zero-order valence-corrected chi connectivity index (χ0v) is 25.2. The van der Waals surface area contributed by atoms with Crippen molar-refractivity contribution in [3.8, 4) is 0 Å². The third kappa shape index (κ3) is 5.52. The van der Waals surface area contributed by atoms with Gasteiger partial charge in [-0.1, -0.05) is 96.6 Å². The Balaban J connectivity index is 1.29. The number of rotatable bonds is 7. The molecule has 0 saturated carbocycles. The lowest BCUT2D eigenvalue weighted by Crippen LogP contribution is -2.10. The molecular formula is C42H31NO2. The number of hydrogen-bond donors (Lipinski definition) is 0. The molecule has 7 rings (SSSR count). The van der Waals surface area contributed by atoms with Crippen molar-refractivity contribution in [2.24, 2.45) is 0 Å². The van der Waals surface area contributed by atoms with Crippen LogP contribution in [0.25, 0.3) is 38.4 Å². The minimum absolute atomic E-state index is 0.187. The molecule has 3 heteroatoms. The van der Waals surface area contributed by atoms with Gasteiger partial charge >= 0.3 is 0 Å². The van der Waals surface area contributed by atoms with Crippen molar-refractivity contribution in [2.75, 3.05) is 4.90 Å². The van der Waals surface area contributed by atoms with Crippen molar-refractivity contribution < 1.29 is 9.59 Å². The number of hydrogen-bond acceptors (Lipinski definition) is 3. The second-order valence-corrected chi connectivity index (χ2v) is 11.5. The Morgan fingerprint density at radius 1 is 0.533 bits per heavy atom. The molecule has 0 radical (unpaired) electrons. The minimum atomic E-state index is -0.187. The SMILES string of the molecule is Cc1ccc(C(=O)/C=C/c2cc3ccc(N(c4ccc5ccccc5c4)c4ccc5ccccc5c4)cc3cc2C)c(C=O)c1. The standard InChI is InChI=1S/C42H31NO2/c1-28-11-19-41(37(21-28)27-44)42(45)20-15-32-23-35-14-18-40(26-36(35)22-29(32)2)43(38-16-12-30-7-3-5-9-33(30)24-38)39-17-13-31-8-4-6-10-34(31)25-39/h3-27H,1-2H3/b20-15+. The van der Waals surface area contributed by atoms with Crippen LogP contribution in [-0.2, 0) is 0 Å². The Bertz CT molecular complexity index is 2220. The van der Waals surface area contributed by atoms with Crippen LogP contribution < -0.4 is 4.90 Å². The van der Waals surface area contributed by atoms with Gasteiger partial charge in [0.2, 0.25) is 0 Å². The van der Waals surface area contributed by atoms with Crippen molar-refractivity contribution in [3.05, 3.63) is 167 Å². The van der Waals surface area contributed by atoms with Crippen molar-refractivity contribution in [3.63, 3.8) is 0 Å². The van der Waals surface area contributed by atoms with E-state index in [1.54, 1.807) is 18.2 Å². The molecule has 0 unspecified atom stereocenters. The van der Waals surface area contributed by atoms with E-state index in [-0.39, 0.29) is 5.78 Å². The van der Waals surface area contributed by atoms with E-state index in [9.17, 15) is 9.59 Å². The van der Waals surface area contributed by atoms with Crippen LogP contribution in [0, 0.1) is 13.8 Å². The topological polar surface area (TPSA) is 37.4 Å². The number of fused-ring (bicyclic) bond motifs is 3. The molecule has 216 valence electrons. The highest BCUT2D eigenvalue weighted by molar-refractivity contribution is 6.11.